The largest absolute Gasteiger partial charge is 0.314 e. The summed E-state index contributed by atoms with van der Waals surface area (Å²) < 4.78 is 0. The van der Waals surface area contributed by atoms with Crippen LogP contribution in [0.25, 0.3) is 0 Å². The Kier molecular flexibility index (Phi) is 5.10. The topological polar surface area (TPSA) is 60.0 Å². The molecule has 0 atom stereocenters. The van der Waals surface area contributed by atoms with Crippen LogP contribution in [0.3, 0.4) is 0 Å². The molecule has 2 fully saturated rings. The van der Waals surface area contributed by atoms with E-state index in [1.165, 1.54) is 19.3 Å². The maximum Gasteiger partial charge on any atom is 0.239 e. The van der Waals surface area contributed by atoms with Crippen LogP contribution in [0.4, 0.5) is 5.69 Å². The Labute approximate surface area is 163 Å². The minimum absolute atomic E-state index is 0.0212. The van der Waals surface area contributed by atoms with Gasteiger partial charge in [0.15, 0.2) is 0 Å². The molecular formula is C18H23Cl2N5O. The molecule has 8 heteroatoms. The highest BCUT2D eigenvalue weighted by Gasteiger charge is 2.44. The summed E-state index contributed by atoms with van der Waals surface area (Å²) in [6.07, 6.45) is 4.32. The molecule has 2 N–H and O–H groups in total. The van der Waals surface area contributed by atoms with Crippen molar-refractivity contribution in [3.8, 4) is 0 Å². The van der Waals surface area contributed by atoms with Gasteiger partial charge in [0.1, 0.15) is 5.84 Å². The number of piperazine rings is 1. The molecule has 1 amide bonds. The van der Waals surface area contributed by atoms with E-state index >= 15 is 0 Å². The van der Waals surface area contributed by atoms with Crippen molar-refractivity contribution in [2.75, 3.05) is 37.7 Å². The molecule has 4 rings (SSSR count). The Morgan fingerprint density at radius 1 is 1.27 bits per heavy atom. The van der Waals surface area contributed by atoms with E-state index < -0.39 is 0 Å². The van der Waals surface area contributed by atoms with E-state index in [1.54, 1.807) is 12.1 Å². The maximum atomic E-state index is 12.5. The predicted octanol–water partition coefficient (Wildman–Crippen LogP) is 2.46. The summed E-state index contributed by atoms with van der Waals surface area (Å²) in [4.78, 5) is 14.9. The van der Waals surface area contributed by atoms with Crippen molar-refractivity contribution in [2.24, 2.45) is 5.10 Å². The number of nitrogens with one attached hydrogen (secondary N) is 2. The average molecular weight is 396 g/mol. The molecule has 1 saturated carbocycles. The Balaban J connectivity index is 1.36. The minimum Gasteiger partial charge on any atom is -0.314 e. The first-order chi connectivity index (χ1) is 12.6. The van der Waals surface area contributed by atoms with Crippen molar-refractivity contribution in [3.63, 3.8) is 0 Å². The van der Waals surface area contributed by atoms with E-state index in [2.05, 4.69) is 20.6 Å². The van der Waals surface area contributed by atoms with Crippen molar-refractivity contribution in [1.29, 1.82) is 0 Å². The smallest absolute Gasteiger partial charge is 0.239 e. The second-order valence-corrected chi connectivity index (χ2v) is 8.06. The molecule has 0 bridgehead atoms. The third-order valence-corrected chi connectivity index (χ3v) is 6.33. The molecule has 0 radical (unpaired) electrons. The summed E-state index contributed by atoms with van der Waals surface area (Å²) >= 11 is 12.0. The third kappa shape index (κ3) is 3.56. The van der Waals surface area contributed by atoms with Gasteiger partial charge in [-0.15, -0.1) is 0 Å². The highest BCUT2D eigenvalue weighted by molar-refractivity contribution is 6.42. The van der Waals surface area contributed by atoms with Gasteiger partial charge in [-0.3, -0.25) is 14.7 Å². The van der Waals surface area contributed by atoms with Crippen molar-refractivity contribution < 1.29 is 4.79 Å². The predicted molar refractivity (Wildman–Crippen MR) is 105 cm³/mol. The lowest BCUT2D eigenvalue weighted by molar-refractivity contribution is -0.124. The SMILES string of the molecule is O=C(CN1CCNCC12CCC2)NC1=NN(c2ccc(Cl)c(Cl)c2)CC1. The maximum absolute atomic E-state index is 12.5. The minimum atomic E-state index is 0.0212. The van der Waals surface area contributed by atoms with Crippen molar-refractivity contribution in [2.45, 2.75) is 31.2 Å². The molecule has 1 aromatic rings. The van der Waals surface area contributed by atoms with Crippen LogP contribution in [0.2, 0.25) is 10.0 Å². The summed E-state index contributed by atoms with van der Waals surface area (Å²) in [6, 6.07) is 5.43. The van der Waals surface area contributed by atoms with Crippen LogP contribution in [0, 0.1) is 0 Å². The van der Waals surface area contributed by atoms with E-state index in [1.807, 2.05) is 11.1 Å². The highest BCUT2D eigenvalue weighted by Crippen LogP contribution is 2.38. The second-order valence-electron chi connectivity index (χ2n) is 7.24. The van der Waals surface area contributed by atoms with Crippen LogP contribution in [-0.4, -0.2) is 54.9 Å². The molecule has 26 heavy (non-hydrogen) atoms. The number of amidine groups is 1. The van der Waals surface area contributed by atoms with Crippen molar-refractivity contribution >= 4 is 40.6 Å². The summed E-state index contributed by atoms with van der Waals surface area (Å²) in [5.74, 6) is 0.728. The van der Waals surface area contributed by atoms with Gasteiger partial charge >= 0.3 is 0 Å². The van der Waals surface area contributed by atoms with Crippen LogP contribution in [0.1, 0.15) is 25.7 Å². The number of hydrogen-bond acceptors (Lipinski definition) is 5. The van der Waals surface area contributed by atoms with Crippen LogP contribution in [0.5, 0.6) is 0 Å². The number of halogens is 2. The van der Waals surface area contributed by atoms with E-state index in [0.29, 0.717) is 35.4 Å². The number of anilines is 1. The van der Waals surface area contributed by atoms with Gasteiger partial charge in [0.2, 0.25) is 5.91 Å². The van der Waals surface area contributed by atoms with Crippen molar-refractivity contribution in [1.82, 2.24) is 15.5 Å². The van der Waals surface area contributed by atoms with E-state index in [0.717, 1.165) is 25.3 Å². The molecule has 1 aliphatic carbocycles. The summed E-state index contributed by atoms with van der Waals surface area (Å²) in [5, 5.41) is 13.8. The molecule has 0 aromatic heterocycles. The Bertz CT molecular complexity index is 734. The van der Waals surface area contributed by atoms with Gasteiger partial charge in [0, 0.05) is 38.1 Å². The number of amides is 1. The van der Waals surface area contributed by atoms with E-state index in [4.69, 9.17) is 23.2 Å². The molecule has 140 valence electrons. The van der Waals surface area contributed by atoms with Gasteiger partial charge in [0.05, 0.1) is 22.3 Å². The molecule has 0 unspecified atom stereocenters. The third-order valence-electron chi connectivity index (χ3n) is 5.59. The van der Waals surface area contributed by atoms with Gasteiger partial charge in [0.25, 0.3) is 0 Å². The molecule has 1 spiro atoms. The van der Waals surface area contributed by atoms with Gasteiger partial charge in [-0.1, -0.05) is 23.2 Å². The number of benzene rings is 1. The normalized spacial score (nSPS) is 22.2. The first-order valence-electron chi connectivity index (χ1n) is 9.11. The summed E-state index contributed by atoms with van der Waals surface area (Å²) in [6.45, 7) is 4.02. The lowest BCUT2D eigenvalue weighted by Crippen LogP contribution is -2.66. The van der Waals surface area contributed by atoms with Crippen LogP contribution in [-0.2, 0) is 4.79 Å². The zero-order chi connectivity index (χ0) is 18.1. The second kappa shape index (κ2) is 7.35. The van der Waals surface area contributed by atoms with Gasteiger partial charge in [-0.25, -0.2) is 0 Å². The quantitative estimate of drug-likeness (QED) is 0.824. The van der Waals surface area contributed by atoms with E-state index in [-0.39, 0.29) is 11.4 Å². The molecule has 2 heterocycles. The standard InChI is InChI=1S/C18H23Cl2N5O/c19-14-3-2-13(10-15(14)20)25-8-4-16(23-25)22-17(26)11-24-9-7-21-12-18(24)5-1-6-18/h2-3,10,21H,1,4-9,11-12H2,(H,22,23,26). The number of rotatable bonds is 3. The monoisotopic (exact) mass is 395 g/mol. The number of carbonyl (C=O) groups is 1. The molecule has 2 aliphatic heterocycles. The van der Waals surface area contributed by atoms with E-state index in [9.17, 15) is 4.79 Å². The number of nitrogens with zero attached hydrogens (tertiary/aromatic N) is 3. The highest BCUT2D eigenvalue weighted by atomic mass is 35.5. The Morgan fingerprint density at radius 2 is 2.12 bits per heavy atom. The van der Waals surface area contributed by atoms with Crippen LogP contribution >= 0.6 is 23.2 Å². The van der Waals surface area contributed by atoms with Crippen molar-refractivity contribution in [3.05, 3.63) is 28.2 Å². The van der Waals surface area contributed by atoms with Crippen LogP contribution in [0.15, 0.2) is 23.3 Å². The number of hydrazone groups is 1. The lowest BCUT2D eigenvalue weighted by Gasteiger charge is -2.53. The number of hydrogen-bond donors (Lipinski definition) is 2. The van der Waals surface area contributed by atoms with Gasteiger partial charge in [-0.2, -0.15) is 5.10 Å². The van der Waals surface area contributed by atoms with Gasteiger partial charge in [-0.05, 0) is 37.5 Å². The first-order valence-corrected chi connectivity index (χ1v) is 9.87. The van der Waals surface area contributed by atoms with Gasteiger partial charge < -0.3 is 10.6 Å². The molecular weight excluding hydrogens is 373 g/mol. The zero-order valence-corrected chi connectivity index (χ0v) is 16.1. The molecule has 1 saturated heterocycles. The first kappa shape index (κ1) is 18.0. The number of carbonyl (C=O) groups excluding carboxylic acids is 1. The fourth-order valence-corrected chi connectivity index (χ4v) is 4.25. The molecule has 6 nitrogen and oxygen atoms in total. The zero-order valence-electron chi connectivity index (χ0n) is 14.6. The Morgan fingerprint density at radius 3 is 2.85 bits per heavy atom. The Hall–Kier alpha value is -1.34. The fraction of sp³-hybridized carbons (Fsp3) is 0.556. The average Bonchev–Trinajstić information content (AvgIpc) is 3.04. The lowest BCUT2D eigenvalue weighted by atomic mass is 9.74. The summed E-state index contributed by atoms with van der Waals surface area (Å²) in [5.41, 5.74) is 1.07. The molecule has 1 aromatic carbocycles. The summed E-state index contributed by atoms with van der Waals surface area (Å²) in [7, 11) is 0. The fourth-order valence-electron chi connectivity index (χ4n) is 3.96. The molecule has 3 aliphatic rings. The van der Waals surface area contributed by atoms with Crippen LogP contribution < -0.4 is 15.6 Å².